The number of aromatic hydroxyl groups is 1. The maximum Gasteiger partial charge on any atom is 0.151 e. The quantitative estimate of drug-likeness (QED) is 0.614. The molecule has 0 atom stereocenters. The Bertz CT molecular complexity index is 678. The number of aromatic nitrogens is 1. The average Bonchev–Trinajstić information content (AvgIpc) is 2.66. The molecule has 1 aliphatic rings. The molecule has 0 amide bonds. The normalized spacial score (nSPS) is 13.3. The number of nitrogen functional groups attached to an aromatic ring is 1. The highest BCUT2D eigenvalue weighted by Crippen LogP contribution is 2.19. The predicted octanol–water partition coefficient (Wildman–Crippen LogP) is -0.267. The molecule has 74 valence electrons. The molecule has 0 unspecified atom stereocenters. The highest BCUT2D eigenvalue weighted by molar-refractivity contribution is 5.85. The van der Waals surface area contributed by atoms with E-state index in [1.165, 1.54) is 0 Å². The summed E-state index contributed by atoms with van der Waals surface area (Å²) in [5.41, 5.74) is 6.39. The van der Waals surface area contributed by atoms with Gasteiger partial charge in [0.1, 0.15) is 23.1 Å². The Morgan fingerprint density at radius 2 is 2.00 bits per heavy atom. The first-order valence-corrected chi connectivity index (χ1v) is 4.53. The third kappa shape index (κ3) is 0.999. The van der Waals surface area contributed by atoms with E-state index in [0.29, 0.717) is 34.1 Å². The number of hydrogen-bond donors (Lipinski definition) is 2. The van der Waals surface area contributed by atoms with E-state index in [0.717, 1.165) is 0 Å². The molecule has 0 saturated heterocycles. The van der Waals surface area contributed by atoms with Gasteiger partial charge >= 0.3 is 0 Å². The van der Waals surface area contributed by atoms with Gasteiger partial charge in [-0.05, 0) is 12.1 Å². The fraction of sp³-hybridized carbons (Fsp3) is 0.100. The molecule has 0 aliphatic carbocycles. The van der Waals surface area contributed by atoms with Crippen molar-refractivity contribution in [2.24, 2.45) is 9.98 Å². The third-order valence-corrected chi connectivity index (χ3v) is 2.42. The van der Waals surface area contributed by atoms with Crippen molar-refractivity contribution in [3.63, 3.8) is 0 Å². The second-order valence-corrected chi connectivity index (χ2v) is 3.32. The molecule has 0 saturated carbocycles. The van der Waals surface area contributed by atoms with Crippen LogP contribution in [0.1, 0.15) is 0 Å². The summed E-state index contributed by atoms with van der Waals surface area (Å²) >= 11 is 0. The zero-order chi connectivity index (χ0) is 10.4. The smallest absolute Gasteiger partial charge is 0.151 e. The van der Waals surface area contributed by atoms with Crippen molar-refractivity contribution >= 4 is 16.7 Å². The van der Waals surface area contributed by atoms with Gasteiger partial charge < -0.3 is 10.8 Å². The molecule has 0 fully saturated rings. The molecule has 5 nitrogen and oxygen atoms in total. The number of nitrogens with two attached hydrogens (primary N) is 1. The van der Waals surface area contributed by atoms with Crippen molar-refractivity contribution in [3.8, 4) is 5.75 Å². The number of fused-ring (bicyclic) bond motifs is 3. The molecule has 3 N–H and O–H groups in total. The lowest BCUT2D eigenvalue weighted by Crippen LogP contribution is -2.27. The zero-order valence-electron chi connectivity index (χ0n) is 7.81. The molecule has 1 aromatic heterocycles. The van der Waals surface area contributed by atoms with Gasteiger partial charge in [0.25, 0.3) is 0 Å². The number of rotatable bonds is 0. The Morgan fingerprint density at radius 1 is 1.20 bits per heavy atom. The van der Waals surface area contributed by atoms with Crippen molar-refractivity contribution in [3.05, 3.63) is 28.9 Å². The van der Waals surface area contributed by atoms with Crippen LogP contribution in [0.15, 0.2) is 28.2 Å². The minimum Gasteiger partial charge on any atom is -0.507 e. The summed E-state index contributed by atoms with van der Waals surface area (Å²) in [5.74, 6) is 0.529. The van der Waals surface area contributed by atoms with Crippen LogP contribution in [0.3, 0.4) is 0 Å². The van der Waals surface area contributed by atoms with Crippen LogP contribution in [0.2, 0.25) is 0 Å². The van der Waals surface area contributed by atoms with Crippen molar-refractivity contribution in [2.75, 3.05) is 12.4 Å². The largest absolute Gasteiger partial charge is 0.507 e. The molecule has 0 spiro atoms. The Hall–Kier alpha value is -2.17. The Kier molecular flexibility index (Phi) is 1.45. The fourth-order valence-electron chi connectivity index (χ4n) is 1.77. The van der Waals surface area contributed by atoms with Gasteiger partial charge in [-0.25, -0.2) is 4.98 Å². The molecular weight excluding hydrogens is 192 g/mol. The highest BCUT2D eigenvalue weighted by atomic mass is 16.3. The first kappa shape index (κ1) is 8.16. The van der Waals surface area contributed by atoms with E-state index in [4.69, 9.17) is 5.73 Å². The highest BCUT2D eigenvalue weighted by Gasteiger charge is 2.10. The number of nitrogens with zero attached hydrogens (tertiary/aromatic N) is 3. The number of hydrogen-bond acceptors (Lipinski definition) is 5. The summed E-state index contributed by atoms with van der Waals surface area (Å²) < 4.78 is 0. The fourth-order valence-corrected chi connectivity index (χ4v) is 1.77. The molecule has 1 aliphatic heterocycles. The number of phenolic OH excluding ortho intramolecular Hbond substituents is 1. The van der Waals surface area contributed by atoms with Crippen LogP contribution in [0, 0.1) is 0 Å². The minimum absolute atomic E-state index is 0.164. The molecule has 15 heavy (non-hydrogen) atoms. The van der Waals surface area contributed by atoms with Gasteiger partial charge in [0.15, 0.2) is 5.82 Å². The van der Waals surface area contributed by atoms with Crippen LogP contribution in [-0.2, 0) is 0 Å². The maximum absolute atomic E-state index is 9.74. The van der Waals surface area contributed by atoms with Gasteiger partial charge in [-0.2, -0.15) is 0 Å². The number of phenols is 1. The summed E-state index contributed by atoms with van der Waals surface area (Å²) in [6.07, 6.45) is 0. The van der Waals surface area contributed by atoms with E-state index < -0.39 is 0 Å². The molecule has 0 radical (unpaired) electrons. The molecular formula is C10H8N4O. The SMILES string of the molecule is Nc1nc2cccc(O)c2c2c1=NCN=2. The van der Waals surface area contributed by atoms with Crippen LogP contribution in [0.25, 0.3) is 10.9 Å². The number of anilines is 1. The molecule has 2 aromatic rings. The van der Waals surface area contributed by atoms with Gasteiger partial charge in [0.2, 0.25) is 0 Å². The van der Waals surface area contributed by atoms with E-state index in [2.05, 4.69) is 15.0 Å². The maximum atomic E-state index is 9.74. The summed E-state index contributed by atoms with van der Waals surface area (Å²) in [6.45, 7) is 0.356. The molecule has 3 rings (SSSR count). The van der Waals surface area contributed by atoms with E-state index in [1.54, 1.807) is 18.2 Å². The first-order valence-electron chi connectivity index (χ1n) is 4.53. The van der Waals surface area contributed by atoms with E-state index in [1.807, 2.05) is 0 Å². The lowest BCUT2D eigenvalue weighted by Gasteiger charge is -2.00. The van der Waals surface area contributed by atoms with Crippen LogP contribution < -0.4 is 16.4 Å². The van der Waals surface area contributed by atoms with Gasteiger partial charge in [0, 0.05) is 0 Å². The van der Waals surface area contributed by atoms with Crippen molar-refractivity contribution < 1.29 is 5.11 Å². The predicted molar refractivity (Wildman–Crippen MR) is 55.0 cm³/mol. The van der Waals surface area contributed by atoms with Crippen LogP contribution in [0.4, 0.5) is 5.82 Å². The molecule has 0 bridgehead atoms. The summed E-state index contributed by atoms with van der Waals surface area (Å²) in [4.78, 5) is 12.5. The van der Waals surface area contributed by atoms with Crippen LogP contribution >= 0.6 is 0 Å². The summed E-state index contributed by atoms with van der Waals surface area (Å²) in [7, 11) is 0. The topological polar surface area (TPSA) is 83.9 Å². The Labute approximate surface area is 84.6 Å². The van der Waals surface area contributed by atoms with Crippen molar-refractivity contribution in [1.29, 1.82) is 0 Å². The van der Waals surface area contributed by atoms with Crippen molar-refractivity contribution in [2.45, 2.75) is 0 Å². The number of benzene rings is 1. The second-order valence-electron chi connectivity index (χ2n) is 3.32. The van der Waals surface area contributed by atoms with Gasteiger partial charge in [-0.15, -0.1) is 0 Å². The van der Waals surface area contributed by atoms with Gasteiger partial charge in [0.05, 0.1) is 10.9 Å². The standard InChI is InChI=1S/C10H8N4O/c11-10-9-8(12-4-13-9)7-5(14-10)2-1-3-6(7)15/h1-3,15H,4H2,(H2,11,14). The Balaban J connectivity index is 2.70. The minimum atomic E-state index is 0.164. The summed E-state index contributed by atoms with van der Waals surface area (Å²) in [6, 6.07) is 5.12. The van der Waals surface area contributed by atoms with Crippen molar-refractivity contribution in [1.82, 2.24) is 4.98 Å². The lowest BCUT2D eigenvalue weighted by molar-refractivity contribution is 0.481. The second kappa shape index (κ2) is 2.66. The molecule has 2 heterocycles. The zero-order valence-corrected chi connectivity index (χ0v) is 7.81. The van der Waals surface area contributed by atoms with Crippen LogP contribution in [-0.4, -0.2) is 16.8 Å². The van der Waals surface area contributed by atoms with E-state index in [9.17, 15) is 5.11 Å². The van der Waals surface area contributed by atoms with E-state index >= 15 is 0 Å². The first-order chi connectivity index (χ1) is 7.27. The van der Waals surface area contributed by atoms with Gasteiger partial charge in [-0.1, -0.05) is 6.07 Å². The Morgan fingerprint density at radius 3 is 2.87 bits per heavy atom. The monoisotopic (exact) mass is 200 g/mol. The van der Waals surface area contributed by atoms with Gasteiger partial charge in [-0.3, -0.25) is 9.98 Å². The van der Waals surface area contributed by atoms with E-state index in [-0.39, 0.29) is 5.75 Å². The number of pyridine rings is 1. The lowest BCUT2D eigenvalue weighted by atomic mass is 10.2. The molecule has 5 heteroatoms. The average molecular weight is 200 g/mol. The van der Waals surface area contributed by atoms with Crippen LogP contribution in [0.5, 0.6) is 5.75 Å². The third-order valence-electron chi connectivity index (χ3n) is 2.42. The molecule has 1 aromatic carbocycles. The summed E-state index contributed by atoms with van der Waals surface area (Å²) in [5, 5.41) is 11.6.